The van der Waals surface area contributed by atoms with Crippen molar-refractivity contribution in [1.82, 2.24) is 14.9 Å². The third kappa shape index (κ3) is 5.61. The molecule has 1 rings (SSSR count). The van der Waals surface area contributed by atoms with Crippen molar-refractivity contribution in [3.8, 4) is 0 Å². The SMILES string of the molecule is CC(Cn1ccnc1)NCCCCC(C)(C)/C(N)=N/O. The Kier molecular flexibility index (Phi) is 6.51. The normalized spacial score (nSPS) is 14.4. The first kappa shape index (κ1) is 16.5. The molecule has 20 heavy (non-hydrogen) atoms. The number of oxime groups is 1. The van der Waals surface area contributed by atoms with Gasteiger partial charge in [0, 0.05) is 30.4 Å². The van der Waals surface area contributed by atoms with E-state index in [1.165, 1.54) is 0 Å². The molecule has 0 fully saturated rings. The van der Waals surface area contributed by atoms with Crippen molar-refractivity contribution in [2.45, 2.75) is 52.6 Å². The smallest absolute Gasteiger partial charge is 0.144 e. The summed E-state index contributed by atoms with van der Waals surface area (Å²) in [5.41, 5.74) is 5.43. The van der Waals surface area contributed by atoms with Crippen molar-refractivity contribution in [1.29, 1.82) is 0 Å². The number of aromatic nitrogens is 2. The van der Waals surface area contributed by atoms with Crippen molar-refractivity contribution in [3.05, 3.63) is 18.7 Å². The maximum absolute atomic E-state index is 8.71. The average Bonchev–Trinajstić information content (AvgIpc) is 2.89. The largest absolute Gasteiger partial charge is 0.409 e. The molecule has 0 aliphatic carbocycles. The van der Waals surface area contributed by atoms with Gasteiger partial charge in [0.1, 0.15) is 5.84 Å². The lowest BCUT2D eigenvalue weighted by Gasteiger charge is -2.22. The van der Waals surface area contributed by atoms with E-state index in [2.05, 4.69) is 26.9 Å². The van der Waals surface area contributed by atoms with Gasteiger partial charge < -0.3 is 20.8 Å². The Morgan fingerprint density at radius 2 is 2.25 bits per heavy atom. The van der Waals surface area contributed by atoms with Crippen LogP contribution in [0, 0.1) is 5.41 Å². The topological polar surface area (TPSA) is 88.5 Å². The fraction of sp³-hybridized carbons (Fsp3) is 0.714. The van der Waals surface area contributed by atoms with Crippen molar-refractivity contribution in [3.63, 3.8) is 0 Å². The standard InChI is InChI=1S/C14H27N5O/c1-12(10-19-9-8-16-11-19)17-7-5-4-6-14(2,3)13(15)18-20/h8-9,11-12,17,20H,4-7,10H2,1-3H3,(H2,15,18). The number of imidazole rings is 1. The van der Waals surface area contributed by atoms with Gasteiger partial charge in [0.05, 0.1) is 6.33 Å². The molecule has 0 saturated carbocycles. The number of rotatable bonds is 9. The molecule has 1 heterocycles. The number of nitrogens with zero attached hydrogens (tertiary/aromatic N) is 3. The molecule has 0 aromatic carbocycles. The average molecular weight is 281 g/mol. The molecule has 1 aromatic heterocycles. The Balaban J connectivity index is 2.13. The molecule has 1 unspecified atom stereocenters. The van der Waals surface area contributed by atoms with Crippen LogP contribution in [-0.2, 0) is 6.54 Å². The lowest BCUT2D eigenvalue weighted by atomic mass is 9.86. The number of hydrogen-bond donors (Lipinski definition) is 3. The van der Waals surface area contributed by atoms with Crippen LogP contribution in [-0.4, -0.2) is 33.2 Å². The van der Waals surface area contributed by atoms with Gasteiger partial charge in [-0.05, 0) is 26.3 Å². The van der Waals surface area contributed by atoms with Crippen LogP contribution in [0.1, 0.15) is 40.0 Å². The van der Waals surface area contributed by atoms with Crippen LogP contribution >= 0.6 is 0 Å². The minimum atomic E-state index is -0.239. The van der Waals surface area contributed by atoms with E-state index in [1.54, 1.807) is 6.20 Å². The zero-order valence-corrected chi connectivity index (χ0v) is 12.7. The number of nitrogens with one attached hydrogen (secondary N) is 1. The molecule has 0 spiro atoms. The van der Waals surface area contributed by atoms with E-state index in [9.17, 15) is 0 Å². The van der Waals surface area contributed by atoms with E-state index >= 15 is 0 Å². The van der Waals surface area contributed by atoms with Gasteiger partial charge in [-0.3, -0.25) is 0 Å². The Bertz CT molecular complexity index is 400. The highest BCUT2D eigenvalue weighted by molar-refractivity contribution is 5.85. The van der Waals surface area contributed by atoms with Crippen LogP contribution in [0.15, 0.2) is 23.9 Å². The summed E-state index contributed by atoms with van der Waals surface area (Å²) in [5.74, 6) is 0.305. The number of unbranched alkanes of at least 4 members (excludes halogenated alkanes) is 1. The van der Waals surface area contributed by atoms with Crippen LogP contribution in [0.3, 0.4) is 0 Å². The summed E-state index contributed by atoms with van der Waals surface area (Å²) in [6.45, 7) is 8.06. The third-order valence-corrected chi connectivity index (χ3v) is 3.57. The minimum absolute atomic E-state index is 0.239. The van der Waals surface area contributed by atoms with Gasteiger partial charge in [0.25, 0.3) is 0 Å². The summed E-state index contributed by atoms with van der Waals surface area (Å²) in [4.78, 5) is 4.03. The summed E-state index contributed by atoms with van der Waals surface area (Å²) in [7, 11) is 0. The van der Waals surface area contributed by atoms with Gasteiger partial charge >= 0.3 is 0 Å². The first-order valence-corrected chi connectivity index (χ1v) is 7.13. The molecule has 4 N–H and O–H groups in total. The molecule has 6 nitrogen and oxygen atoms in total. The molecule has 114 valence electrons. The second-order valence-corrected chi connectivity index (χ2v) is 5.94. The van der Waals surface area contributed by atoms with Crippen LogP contribution in [0.4, 0.5) is 0 Å². The molecule has 0 amide bonds. The van der Waals surface area contributed by atoms with E-state index in [0.717, 1.165) is 32.4 Å². The quantitative estimate of drug-likeness (QED) is 0.212. The first-order valence-electron chi connectivity index (χ1n) is 7.13. The summed E-state index contributed by atoms with van der Waals surface area (Å²) in [6.07, 6.45) is 8.64. The van der Waals surface area contributed by atoms with Crippen molar-refractivity contribution in [2.24, 2.45) is 16.3 Å². The fourth-order valence-corrected chi connectivity index (χ4v) is 2.08. The second kappa shape index (κ2) is 7.89. The van der Waals surface area contributed by atoms with Crippen molar-refractivity contribution < 1.29 is 5.21 Å². The van der Waals surface area contributed by atoms with Crippen molar-refractivity contribution in [2.75, 3.05) is 6.54 Å². The fourth-order valence-electron chi connectivity index (χ4n) is 2.08. The Labute approximate surface area is 121 Å². The van der Waals surface area contributed by atoms with E-state index < -0.39 is 0 Å². The molecular formula is C14H27N5O. The highest BCUT2D eigenvalue weighted by atomic mass is 16.4. The van der Waals surface area contributed by atoms with E-state index in [4.69, 9.17) is 10.9 Å². The molecule has 0 radical (unpaired) electrons. The molecule has 0 bridgehead atoms. The lowest BCUT2D eigenvalue weighted by Crippen LogP contribution is -2.33. The summed E-state index contributed by atoms with van der Waals surface area (Å²) < 4.78 is 2.07. The maximum atomic E-state index is 8.71. The molecule has 0 saturated heterocycles. The maximum Gasteiger partial charge on any atom is 0.144 e. The van der Waals surface area contributed by atoms with Gasteiger partial charge in [0.15, 0.2) is 0 Å². The number of amidine groups is 1. The number of nitrogens with two attached hydrogens (primary N) is 1. The van der Waals surface area contributed by atoms with Crippen LogP contribution < -0.4 is 11.1 Å². The number of hydrogen-bond acceptors (Lipinski definition) is 4. The van der Waals surface area contributed by atoms with Gasteiger partial charge in [-0.15, -0.1) is 0 Å². The Hall–Kier alpha value is -1.56. The predicted octanol–water partition coefficient (Wildman–Crippen LogP) is 1.80. The zero-order valence-electron chi connectivity index (χ0n) is 12.7. The monoisotopic (exact) mass is 281 g/mol. The zero-order chi connectivity index (χ0) is 15.0. The first-order chi connectivity index (χ1) is 9.45. The Morgan fingerprint density at radius 3 is 2.85 bits per heavy atom. The minimum Gasteiger partial charge on any atom is -0.409 e. The van der Waals surface area contributed by atoms with Crippen molar-refractivity contribution >= 4 is 5.84 Å². The predicted molar refractivity (Wildman–Crippen MR) is 80.7 cm³/mol. The molecule has 0 aliphatic rings. The summed E-state index contributed by atoms with van der Waals surface area (Å²) in [5, 5.41) is 15.3. The summed E-state index contributed by atoms with van der Waals surface area (Å²) >= 11 is 0. The van der Waals surface area contributed by atoms with Gasteiger partial charge in [-0.1, -0.05) is 25.4 Å². The van der Waals surface area contributed by atoms with Crippen LogP contribution in [0.5, 0.6) is 0 Å². The second-order valence-electron chi connectivity index (χ2n) is 5.94. The molecular weight excluding hydrogens is 254 g/mol. The van der Waals surface area contributed by atoms with Gasteiger partial charge in [-0.25, -0.2) is 4.98 Å². The lowest BCUT2D eigenvalue weighted by molar-refractivity contribution is 0.304. The Morgan fingerprint density at radius 1 is 1.50 bits per heavy atom. The molecule has 0 aliphatic heterocycles. The van der Waals surface area contributed by atoms with E-state index in [-0.39, 0.29) is 5.41 Å². The highest BCUT2D eigenvalue weighted by Crippen LogP contribution is 2.23. The van der Waals surface area contributed by atoms with Gasteiger partial charge in [0.2, 0.25) is 0 Å². The molecule has 1 aromatic rings. The van der Waals surface area contributed by atoms with E-state index in [0.29, 0.717) is 11.9 Å². The highest BCUT2D eigenvalue weighted by Gasteiger charge is 2.22. The third-order valence-electron chi connectivity index (χ3n) is 3.57. The van der Waals surface area contributed by atoms with Crippen LogP contribution in [0.25, 0.3) is 0 Å². The van der Waals surface area contributed by atoms with E-state index in [1.807, 2.05) is 26.4 Å². The molecule has 1 atom stereocenters. The summed E-state index contributed by atoms with van der Waals surface area (Å²) in [6, 6.07) is 0.418. The van der Waals surface area contributed by atoms with Crippen LogP contribution in [0.2, 0.25) is 0 Å². The molecule has 6 heteroatoms. The van der Waals surface area contributed by atoms with Gasteiger partial charge in [-0.2, -0.15) is 0 Å².